The van der Waals surface area contributed by atoms with E-state index in [4.69, 9.17) is 4.42 Å². The highest BCUT2D eigenvalue weighted by atomic mass is 16.4. The number of aromatic nitrogens is 1. The summed E-state index contributed by atoms with van der Waals surface area (Å²) in [6, 6.07) is 5.60. The molecule has 1 fully saturated rings. The maximum absolute atomic E-state index is 11.9. The Balaban J connectivity index is 2.22. The van der Waals surface area contributed by atoms with E-state index in [-0.39, 0.29) is 11.8 Å². The van der Waals surface area contributed by atoms with Gasteiger partial charge in [-0.3, -0.25) is 4.57 Å². The van der Waals surface area contributed by atoms with Crippen molar-refractivity contribution < 1.29 is 9.21 Å². The molecule has 0 atom stereocenters. The molecule has 0 N–H and O–H groups in total. The van der Waals surface area contributed by atoms with Crippen LogP contribution in [0.5, 0.6) is 0 Å². The molecule has 0 aliphatic heterocycles. The van der Waals surface area contributed by atoms with E-state index in [2.05, 4.69) is 4.99 Å². The molecule has 20 heavy (non-hydrogen) atoms. The lowest BCUT2D eigenvalue weighted by atomic mass is 9.72. The van der Waals surface area contributed by atoms with Gasteiger partial charge < -0.3 is 4.42 Å². The van der Waals surface area contributed by atoms with Crippen molar-refractivity contribution >= 4 is 17.2 Å². The first kappa shape index (κ1) is 12.9. The Hall–Kier alpha value is -2.13. The van der Waals surface area contributed by atoms with Crippen LogP contribution in [-0.4, -0.2) is 10.6 Å². The molecule has 2 aromatic rings. The third kappa shape index (κ3) is 1.74. The van der Waals surface area contributed by atoms with Crippen LogP contribution >= 0.6 is 0 Å². The molecular weight excluding hydrogens is 256 g/mol. The molecule has 5 nitrogen and oxygen atoms in total. The van der Waals surface area contributed by atoms with Crippen molar-refractivity contribution in [2.75, 3.05) is 0 Å². The highest BCUT2D eigenvalue weighted by molar-refractivity contribution is 5.74. The van der Waals surface area contributed by atoms with Gasteiger partial charge in [-0.05, 0) is 50.8 Å². The van der Waals surface area contributed by atoms with Gasteiger partial charge in [0.1, 0.15) is 0 Å². The summed E-state index contributed by atoms with van der Waals surface area (Å²) < 4.78 is 6.86. The predicted molar refractivity (Wildman–Crippen MR) is 74.5 cm³/mol. The van der Waals surface area contributed by atoms with Gasteiger partial charge in [0.05, 0.1) is 11.1 Å². The Morgan fingerprint density at radius 3 is 2.70 bits per heavy atom. The Kier molecular flexibility index (Phi) is 2.87. The zero-order valence-electron chi connectivity index (χ0n) is 11.5. The molecule has 3 rings (SSSR count). The lowest BCUT2D eigenvalue weighted by molar-refractivity contribution is 0.256. The largest absolute Gasteiger partial charge is 0.420 e. The fraction of sp³-hybridized carbons (Fsp3) is 0.467. The van der Waals surface area contributed by atoms with E-state index in [9.17, 15) is 9.59 Å². The van der Waals surface area contributed by atoms with Crippen LogP contribution in [0.25, 0.3) is 11.1 Å². The van der Waals surface area contributed by atoms with Crippen LogP contribution in [0.3, 0.4) is 0 Å². The van der Waals surface area contributed by atoms with Gasteiger partial charge in [0.2, 0.25) is 6.08 Å². The molecule has 0 spiro atoms. The maximum Gasteiger partial charge on any atom is 0.420 e. The summed E-state index contributed by atoms with van der Waals surface area (Å²) in [5.41, 5.74) is 1.83. The number of isocyanates is 1. The van der Waals surface area contributed by atoms with E-state index < -0.39 is 5.54 Å². The summed E-state index contributed by atoms with van der Waals surface area (Å²) in [6.45, 7) is 3.87. The van der Waals surface area contributed by atoms with Gasteiger partial charge in [0.25, 0.3) is 0 Å². The average Bonchev–Trinajstić information content (AvgIpc) is 2.68. The normalized spacial score (nSPS) is 16.9. The highest BCUT2D eigenvalue weighted by Crippen LogP contribution is 2.45. The number of carbonyl (C=O) groups excluding carboxylic acids is 1. The number of fused-ring (bicyclic) bond motifs is 1. The molecule has 5 heteroatoms. The molecule has 0 unspecified atom stereocenters. The van der Waals surface area contributed by atoms with E-state index in [1.54, 1.807) is 16.7 Å². The number of oxazole rings is 1. The monoisotopic (exact) mass is 272 g/mol. The Labute approximate surface area is 115 Å². The topological polar surface area (TPSA) is 64.6 Å². The van der Waals surface area contributed by atoms with Crippen LogP contribution in [0.2, 0.25) is 0 Å². The van der Waals surface area contributed by atoms with E-state index in [0.717, 1.165) is 30.3 Å². The molecule has 1 heterocycles. The van der Waals surface area contributed by atoms with Crippen molar-refractivity contribution in [1.29, 1.82) is 0 Å². The number of rotatable bonds is 3. The minimum absolute atomic E-state index is 0.0194. The van der Waals surface area contributed by atoms with Crippen molar-refractivity contribution in [2.45, 2.75) is 44.7 Å². The molecule has 1 saturated carbocycles. The molecule has 0 radical (unpaired) electrons. The molecule has 104 valence electrons. The van der Waals surface area contributed by atoms with E-state index in [0.29, 0.717) is 5.58 Å². The first-order valence-corrected chi connectivity index (χ1v) is 6.82. The lowest BCUT2D eigenvalue weighted by Gasteiger charge is -2.37. The number of hydrogen-bond acceptors (Lipinski definition) is 4. The van der Waals surface area contributed by atoms with Crippen LogP contribution in [0.15, 0.2) is 32.4 Å². The lowest BCUT2D eigenvalue weighted by Crippen LogP contribution is -2.31. The van der Waals surface area contributed by atoms with Crippen LogP contribution in [-0.2, 0) is 10.3 Å². The molecule has 0 bridgehead atoms. The Bertz CT molecular complexity index is 759. The van der Waals surface area contributed by atoms with Crippen molar-refractivity contribution in [3.05, 3.63) is 34.3 Å². The quantitative estimate of drug-likeness (QED) is 0.637. The second kappa shape index (κ2) is 4.46. The second-order valence-corrected chi connectivity index (χ2v) is 5.60. The maximum atomic E-state index is 11.9. The zero-order chi connectivity index (χ0) is 14.3. The van der Waals surface area contributed by atoms with Crippen molar-refractivity contribution in [3.63, 3.8) is 0 Å². The SMILES string of the molecule is CC(C)n1c(=O)oc2ccc(C3(N=C=O)CCC3)cc21. The standard InChI is InChI=1S/C15H16N2O3/c1-10(2)17-12-8-11(4-5-13(12)20-14(17)19)15(16-9-18)6-3-7-15/h4-5,8,10H,3,6-7H2,1-2H3. The Morgan fingerprint density at radius 2 is 2.15 bits per heavy atom. The van der Waals surface area contributed by atoms with Gasteiger partial charge in [-0.2, -0.15) is 4.99 Å². The number of aliphatic imine (C=N–C) groups is 1. The molecule has 1 aliphatic carbocycles. The van der Waals surface area contributed by atoms with Crippen LogP contribution in [0.1, 0.15) is 44.7 Å². The second-order valence-electron chi connectivity index (χ2n) is 5.60. The fourth-order valence-electron chi connectivity index (χ4n) is 2.88. The molecule has 0 saturated heterocycles. The summed E-state index contributed by atoms with van der Waals surface area (Å²) in [5.74, 6) is -0.353. The van der Waals surface area contributed by atoms with E-state index in [1.807, 2.05) is 26.0 Å². The van der Waals surface area contributed by atoms with Gasteiger partial charge >= 0.3 is 5.76 Å². The molecule has 1 aromatic heterocycles. The highest BCUT2D eigenvalue weighted by Gasteiger charge is 2.39. The minimum Gasteiger partial charge on any atom is -0.408 e. The number of hydrogen-bond donors (Lipinski definition) is 0. The zero-order valence-corrected chi connectivity index (χ0v) is 11.5. The third-order valence-corrected chi connectivity index (χ3v) is 4.11. The van der Waals surface area contributed by atoms with Crippen molar-refractivity contribution in [1.82, 2.24) is 4.57 Å². The average molecular weight is 272 g/mol. The summed E-state index contributed by atoms with van der Waals surface area (Å²) in [7, 11) is 0. The smallest absolute Gasteiger partial charge is 0.408 e. The first-order valence-electron chi connectivity index (χ1n) is 6.82. The number of nitrogens with zero attached hydrogens (tertiary/aromatic N) is 2. The molecule has 1 aliphatic rings. The van der Waals surface area contributed by atoms with Gasteiger partial charge in [0.15, 0.2) is 5.58 Å². The minimum atomic E-state index is -0.453. The molecule has 1 aromatic carbocycles. The summed E-state index contributed by atoms with van der Waals surface area (Å²) >= 11 is 0. The third-order valence-electron chi connectivity index (χ3n) is 4.11. The Morgan fingerprint density at radius 1 is 1.40 bits per heavy atom. The predicted octanol–water partition coefficient (Wildman–Crippen LogP) is 2.89. The summed E-state index contributed by atoms with van der Waals surface area (Å²) in [6.07, 6.45) is 4.42. The summed E-state index contributed by atoms with van der Waals surface area (Å²) in [4.78, 5) is 26.5. The van der Waals surface area contributed by atoms with Gasteiger partial charge in [0, 0.05) is 6.04 Å². The molecule has 0 amide bonds. The van der Waals surface area contributed by atoms with Crippen molar-refractivity contribution in [3.8, 4) is 0 Å². The van der Waals surface area contributed by atoms with E-state index >= 15 is 0 Å². The van der Waals surface area contributed by atoms with Crippen molar-refractivity contribution in [2.24, 2.45) is 4.99 Å². The summed E-state index contributed by atoms with van der Waals surface area (Å²) in [5, 5.41) is 0. The van der Waals surface area contributed by atoms with E-state index in [1.165, 1.54) is 0 Å². The van der Waals surface area contributed by atoms with Crippen LogP contribution < -0.4 is 5.76 Å². The number of benzene rings is 1. The van der Waals surface area contributed by atoms with Gasteiger partial charge in [-0.1, -0.05) is 6.07 Å². The van der Waals surface area contributed by atoms with Crippen LogP contribution in [0, 0.1) is 0 Å². The first-order chi connectivity index (χ1) is 9.57. The van der Waals surface area contributed by atoms with Gasteiger partial charge in [-0.15, -0.1) is 0 Å². The van der Waals surface area contributed by atoms with Crippen LogP contribution in [0.4, 0.5) is 0 Å². The molecular formula is C15H16N2O3. The van der Waals surface area contributed by atoms with Gasteiger partial charge in [-0.25, -0.2) is 9.59 Å². The fourth-order valence-corrected chi connectivity index (χ4v) is 2.88.